The molecule has 0 bridgehead atoms. The van der Waals surface area contributed by atoms with E-state index in [4.69, 9.17) is 10.5 Å². The monoisotopic (exact) mass is 283 g/mol. The van der Waals surface area contributed by atoms with Gasteiger partial charge < -0.3 is 30.9 Å². The van der Waals surface area contributed by atoms with Gasteiger partial charge in [-0.15, -0.1) is 0 Å². The van der Waals surface area contributed by atoms with Crippen molar-refractivity contribution < 1.29 is 25.2 Å². The molecule has 0 spiro atoms. The quantitative estimate of drug-likeness (QED) is 0.454. The molecule has 0 amide bonds. The van der Waals surface area contributed by atoms with Crippen LogP contribution < -0.4 is 5.73 Å². The minimum atomic E-state index is -1.47. The highest BCUT2D eigenvalue weighted by Gasteiger charge is 2.47. The molecule has 2 rings (SSSR count). The minimum absolute atomic E-state index is 0.301. The smallest absolute Gasteiger partial charge is 0.111 e. The first-order valence-corrected chi connectivity index (χ1v) is 6.65. The van der Waals surface area contributed by atoms with Crippen molar-refractivity contribution in [3.63, 3.8) is 0 Å². The second-order valence-electron chi connectivity index (χ2n) is 5.11. The third kappa shape index (κ3) is 3.17. The molecular formula is C14H21NO5. The molecule has 0 radical (unpaired) electrons. The molecule has 1 aliphatic rings. The molecule has 6 unspecified atom stereocenters. The lowest BCUT2D eigenvalue weighted by Gasteiger charge is -2.42. The fraction of sp³-hybridized carbons (Fsp3) is 0.571. The predicted molar refractivity (Wildman–Crippen MR) is 71.9 cm³/mol. The van der Waals surface area contributed by atoms with Crippen LogP contribution in [0.2, 0.25) is 0 Å². The van der Waals surface area contributed by atoms with Crippen molar-refractivity contribution in [1.29, 1.82) is 0 Å². The molecule has 1 saturated carbocycles. The van der Waals surface area contributed by atoms with Gasteiger partial charge >= 0.3 is 0 Å². The van der Waals surface area contributed by atoms with E-state index in [2.05, 4.69) is 0 Å². The van der Waals surface area contributed by atoms with Crippen molar-refractivity contribution in [3.8, 4) is 0 Å². The van der Waals surface area contributed by atoms with Gasteiger partial charge in [0.25, 0.3) is 0 Å². The van der Waals surface area contributed by atoms with Crippen molar-refractivity contribution >= 4 is 0 Å². The first-order chi connectivity index (χ1) is 9.52. The molecule has 6 atom stereocenters. The molecule has 112 valence electrons. The Morgan fingerprint density at radius 2 is 1.50 bits per heavy atom. The zero-order valence-electron chi connectivity index (χ0n) is 11.0. The van der Waals surface area contributed by atoms with Gasteiger partial charge in [-0.3, -0.25) is 0 Å². The molecule has 6 nitrogen and oxygen atoms in total. The van der Waals surface area contributed by atoms with Gasteiger partial charge in [0.2, 0.25) is 0 Å². The average molecular weight is 283 g/mol. The Morgan fingerprint density at radius 1 is 0.900 bits per heavy atom. The summed E-state index contributed by atoms with van der Waals surface area (Å²) in [4.78, 5) is 0. The molecule has 1 fully saturated rings. The van der Waals surface area contributed by atoms with Crippen molar-refractivity contribution in [3.05, 3.63) is 35.9 Å². The highest BCUT2D eigenvalue weighted by Crippen LogP contribution is 2.22. The highest BCUT2D eigenvalue weighted by molar-refractivity contribution is 5.14. The van der Waals surface area contributed by atoms with Gasteiger partial charge in [0.05, 0.1) is 12.6 Å². The van der Waals surface area contributed by atoms with Crippen LogP contribution in [0.3, 0.4) is 0 Å². The maximum absolute atomic E-state index is 9.87. The Balaban J connectivity index is 1.91. The Morgan fingerprint density at radius 3 is 2.15 bits per heavy atom. The summed E-state index contributed by atoms with van der Waals surface area (Å²) in [6.07, 6.45) is -5.85. The van der Waals surface area contributed by atoms with Crippen LogP contribution in [0, 0.1) is 0 Å². The molecule has 0 aromatic heterocycles. The zero-order chi connectivity index (χ0) is 14.7. The van der Waals surface area contributed by atoms with Gasteiger partial charge in [-0.1, -0.05) is 30.3 Å². The molecule has 20 heavy (non-hydrogen) atoms. The number of aliphatic hydroxyl groups is 4. The molecule has 1 aromatic rings. The Labute approximate surface area is 117 Å². The maximum atomic E-state index is 9.87. The summed E-state index contributed by atoms with van der Waals surface area (Å²) in [5.41, 5.74) is 6.82. The number of ether oxygens (including phenoxy) is 1. The van der Waals surface area contributed by atoms with Gasteiger partial charge in [-0.25, -0.2) is 0 Å². The number of rotatable bonds is 4. The fourth-order valence-electron chi connectivity index (χ4n) is 2.42. The van der Waals surface area contributed by atoms with Crippen LogP contribution in [0.4, 0.5) is 0 Å². The number of hydrogen-bond acceptors (Lipinski definition) is 6. The summed E-state index contributed by atoms with van der Waals surface area (Å²) in [7, 11) is 0. The lowest BCUT2D eigenvalue weighted by atomic mass is 9.83. The topological polar surface area (TPSA) is 116 Å². The summed E-state index contributed by atoms with van der Waals surface area (Å²) in [5.74, 6) is 0. The van der Waals surface area contributed by atoms with Gasteiger partial charge in [0.15, 0.2) is 0 Å². The lowest BCUT2D eigenvalue weighted by Crippen LogP contribution is -2.67. The van der Waals surface area contributed by atoms with E-state index in [1.54, 1.807) is 0 Å². The molecule has 6 heteroatoms. The number of hydrogen-bond donors (Lipinski definition) is 5. The van der Waals surface area contributed by atoms with E-state index in [1.807, 2.05) is 30.3 Å². The van der Waals surface area contributed by atoms with Crippen LogP contribution in [0.5, 0.6) is 0 Å². The number of nitrogens with two attached hydrogens (primary N) is 1. The van der Waals surface area contributed by atoms with E-state index in [0.717, 1.165) is 5.56 Å². The highest BCUT2D eigenvalue weighted by atomic mass is 16.5. The van der Waals surface area contributed by atoms with Crippen molar-refractivity contribution in [1.82, 2.24) is 0 Å². The summed E-state index contributed by atoms with van der Waals surface area (Å²) < 4.78 is 5.49. The van der Waals surface area contributed by atoms with Crippen LogP contribution in [0.15, 0.2) is 30.3 Å². The van der Waals surface area contributed by atoms with Gasteiger partial charge in [0, 0.05) is 0 Å². The fourth-order valence-corrected chi connectivity index (χ4v) is 2.42. The third-order valence-electron chi connectivity index (χ3n) is 3.70. The molecule has 6 N–H and O–H groups in total. The van der Waals surface area contributed by atoms with E-state index >= 15 is 0 Å². The SMILES string of the molecule is NC1C(O)C(O)C(O)C(O)C1OCCc1ccccc1. The Kier molecular flexibility index (Phi) is 5.09. The summed E-state index contributed by atoms with van der Waals surface area (Å²) in [5, 5.41) is 38.7. The maximum Gasteiger partial charge on any atom is 0.111 e. The largest absolute Gasteiger partial charge is 0.389 e. The lowest BCUT2D eigenvalue weighted by molar-refractivity contribution is -0.197. The Bertz CT molecular complexity index is 399. The molecule has 0 saturated heterocycles. The van der Waals surface area contributed by atoms with E-state index < -0.39 is 36.6 Å². The van der Waals surface area contributed by atoms with Crippen LogP contribution in [-0.4, -0.2) is 63.6 Å². The van der Waals surface area contributed by atoms with Crippen molar-refractivity contribution in [2.75, 3.05) is 6.61 Å². The van der Waals surface area contributed by atoms with Gasteiger partial charge in [-0.2, -0.15) is 0 Å². The summed E-state index contributed by atoms with van der Waals surface area (Å²) >= 11 is 0. The van der Waals surface area contributed by atoms with E-state index in [0.29, 0.717) is 13.0 Å². The predicted octanol–water partition coefficient (Wildman–Crippen LogP) is -1.60. The van der Waals surface area contributed by atoms with Gasteiger partial charge in [-0.05, 0) is 12.0 Å². The standard InChI is InChI=1S/C14H21NO5/c15-9-10(16)11(17)12(18)13(19)14(9)20-7-6-8-4-2-1-3-5-8/h1-5,9-14,16-19H,6-7,15H2. The normalized spacial score (nSPS) is 37.9. The van der Waals surface area contributed by atoms with Crippen molar-refractivity contribution in [2.24, 2.45) is 5.73 Å². The molecule has 0 aliphatic heterocycles. The van der Waals surface area contributed by atoms with Crippen LogP contribution in [-0.2, 0) is 11.2 Å². The summed E-state index contributed by atoms with van der Waals surface area (Å²) in [6, 6.07) is 8.71. The van der Waals surface area contributed by atoms with Crippen LogP contribution in [0.1, 0.15) is 5.56 Å². The average Bonchev–Trinajstić information content (AvgIpc) is 2.48. The first kappa shape index (κ1) is 15.4. The van der Waals surface area contributed by atoms with Crippen LogP contribution >= 0.6 is 0 Å². The number of aliphatic hydroxyl groups excluding tert-OH is 4. The van der Waals surface area contributed by atoms with E-state index in [9.17, 15) is 20.4 Å². The summed E-state index contributed by atoms with van der Waals surface area (Å²) in [6.45, 7) is 0.301. The minimum Gasteiger partial charge on any atom is -0.389 e. The molecule has 1 aromatic carbocycles. The van der Waals surface area contributed by atoms with Gasteiger partial charge in [0.1, 0.15) is 30.5 Å². The second kappa shape index (κ2) is 6.62. The molecular weight excluding hydrogens is 262 g/mol. The van der Waals surface area contributed by atoms with Crippen molar-refractivity contribution in [2.45, 2.75) is 43.0 Å². The zero-order valence-corrected chi connectivity index (χ0v) is 11.0. The third-order valence-corrected chi connectivity index (χ3v) is 3.70. The van der Waals surface area contributed by atoms with E-state index in [-0.39, 0.29) is 0 Å². The molecule has 0 heterocycles. The molecule has 1 aliphatic carbocycles. The second-order valence-corrected chi connectivity index (χ2v) is 5.11. The first-order valence-electron chi connectivity index (χ1n) is 6.65. The number of benzene rings is 1. The van der Waals surface area contributed by atoms with Crippen LogP contribution in [0.25, 0.3) is 0 Å². The Hall–Kier alpha value is -1.02. The van der Waals surface area contributed by atoms with E-state index in [1.165, 1.54) is 0 Å².